The minimum Gasteiger partial charge on any atom is -0.176 e. The smallest absolute Gasteiger partial charge is 0.00170 e. The van der Waals surface area contributed by atoms with E-state index in [0.717, 1.165) is 35.2 Å². The van der Waals surface area contributed by atoms with Gasteiger partial charge < -0.3 is 0 Å². The molecule has 0 bridgehead atoms. The van der Waals surface area contributed by atoms with Crippen LogP contribution >= 0.6 is 21.9 Å². The molecule has 3 rings (SSSR count). The van der Waals surface area contributed by atoms with Gasteiger partial charge in [0.1, 0.15) is 0 Å². The molecule has 3 aliphatic rings. The molecule has 0 saturated heterocycles. The van der Waals surface area contributed by atoms with E-state index in [1.807, 2.05) is 0 Å². The minimum atomic E-state index is 0.699. The first-order valence-corrected chi connectivity index (χ1v) is 10.8. The lowest BCUT2D eigenvalue weighted by Crippen LogP contribution is -2.36. The van der Waals surface area contributed by atoms with Crippen LogP contribution in [0.4, 0.5) is 0 Å². The molecule has 21 heavy (non-hydrogen) atoms. The van der Waals surface area contributed by atoms with Gasteiger partial charge in [0, 0.05) is 5.25 Å². The lowest BCUT2D eigenvalue weighted by Gasteiger charge is -2.44. The molecule has 0 aromatic carbocycles. The first-order chi connectivity index (χ1) is 10.1. The van der Waals surface area contributed by atoms with Crippen molar-refractivity contribution in [3.63, 3.8) is 0 Å². The Morgan fingerprint density at radius 3 is 1.90 bits per heavy atom. The van der Waals surface area contributed by atoms with E-state index in [1.165, 1.54) is 70.6 Å². The Labute approximate surface area is 140 Å². The van der Waals surface area contributed by atoms with Gasteiger partial charge in [0.15, 0.2) is 0 Å². The molecule has 0 amide bonds. The third-order valence-corrected chi connectivity index (χ3v) is 8.35. The molecule has 3 fully saturated rings. The number of thiol groups is 1. The van der Waals surface area contributed by atoms with Crippen LogP contribution in [0.3, 0.4) is 0 Å². The van der Waals surface area contributed by atoms with Gasteiger partial charge in [-0.05, 0) is 93.0 Å². The second kappa shape index (κ2) is 7.57. The van der Waals surface area contributed by atoms with Gasteiger partial charge in [-0.1, -0.05) is 19.8 Å². The summed E-state index contributed by atoms with van der Waals surface area (Å²) in [6, 6.07) is 0. The maximum Gasteiger partial charge on any atom is 0.00170 e. The number of rotatable bonds is 2. The molecule has 4 atom stereocenters. The molecule has 3 saturated carbocycles. The predicted molar refractivity (Wildman–Crippen MR) is 100 cm³/mol. The zero-order chi connectivity index (χ0) is 14.8. The van der Waals surface area contributed by atoms with Crippen molar-refractivity contribution in [2.45, 2.75) is 88.5 Å². The summed E-state index contributed by atoms with van der Waals surface area (Å²) in [6.45, 7) is 2.45. The second-order valence-corrected chi connectivity index (χ2v) is 10.1. The number of hydrogen-bond donors (Lipinski definition) is 1. The lowest BCUT2D eigenvalue weighted by molar-refractivity contribution is 0.121. The van der Waals surface area contributed by atoms with Crippen molar-refractivity contribution in [2.75, 3.05) is 0 Å². The quantitative estimate of drug-likeness (QED) is 0.469. The van der Waals surface area contributed by atoms with Gasteiger partial charge in [0.2, 0.25) is 0 Å². The van der Waals surface area contributed by atoms with Crippen LogP contribution in [0.1, 0.15) is 77.6 Å². The van der Waals surface area contributed by atoms with E-state index >= 15 is 0 Å². The van der Waals surface area contributed by atoms with E-state index in [2.05, 4.69) is 28.8 Å². The van der Waals surface area contributed by atoms with Crippen LogP contribution in [0.5, 0.6) is 0 Å². The maximum absolute atomic E-state index is 4.67. The van der Waals surface area contributed by atoms with E-state index in [4.69, 9.17) is 0 Å². The van der Waals surface area contributed by atoms with Crippen LogP contribution in [0, 0.1) is 29.6 Å². The van der Waals surface area contributed by atoms with Gasteiger partial charge in [0.05, 0.1) is 0 Å². The third-order valence-electron chi connectivity index (χ3n) is 7.07. The van der Waals surface area contributed by atoms with Crippen LogP contribution in [-0.2, 0) is 0 Å². The third kappa shape index (κ3) is 4.20. The van der Waals surface area contributed by atoms with E-state index in [0.29, 0.717) is 5.25 Å². The SMILES string of the molecule is CC1CCC(C2CCC(C3CCC(S)CC3)C(P)C2)CC1. The van der Waals surface area contributed by atoms with E-state index in [-0.39, 0.29) is 0 Å². The predicted octanol–water partition coefficient (Wildman–Crippen LogP) is 5.96. The van der Waals surface area contributed by atoms with Gasteiger partial charge in [-0.2, -0.15) is 12.6 Å². The molecule has 0 heterocycles. The average Bonchev–Trinajstić information content (AvgIpc) is 2.49. The zero-order valence-corrected chi connectivity index (χ0v) is 15.9. The van der Waals surface area contributed by atoms with Gasteiger partial charge in [-0.25, -0.2) is 0 Å². The summed E-state index contributed by atoms with van der Waals surface area (Å²) < 4.78 is 0. The molecule has 0 radical (unpaired) electrons. The Morgan fingerprint density at radius 1 is 0.714 bits per heavy atom. The van der Waals surface area contributed by atoms with Crippen LogP contribution < -0.4 is 0 Å². The lowest BCUT2D eigenvalue weighted by atomic mass is 9.65. The molecule has 0 N–H and O–H groups in total. The minimum absolute atomic E-state index is 0.699. The summed E-state index contributed by atoms with van der Waals surface area (Å²) in [5.41, 5.74) is 0.907. The molecule has 0 aromatic heterocycles. The molecule has 0 spiro atoms. The highest BCUT2D eigenvalue weighted by molar-refractivity contribution is 7.80. The summed E-state index contributed by atoms with van der Waals surface area (Å²) in [4.78, 5) is 0. The van der Waals surface area contributed by atoms with Crippen LogP contribution in [0.2, 0.25) is 0 Å². The number of hydrogen-bond acceptors (Lipinski definition) is 1. The van der Waals surface area contributed by atoms with E-state index in [9.17, 15) is 0 Å². The van der Waals surface area contributed by atoms with Crippen molar-refractivity contribution in [1.82, 2.24) is 0 Å². The summed E-state index contributed by atoms with van der Waals surface area (Å²) in [5.74, 6) is 5.15. The molecule has 0 aliphatic heterocycles. The van der Waals surface area contributed by atoms with Gasteiger partial charge in [0.25, 0.3) is 0 Å². The molecule has 122 valence electrons. The standard InChI is InChI=1S/C19H35PS/c1-13-2-4-14(5-3-13)16-8-11-18(19(20)12-16)15-6-9-17(21)10-7-15/h13-19,21H,2-12,20H2,1H3. The fourth-order valence-electron chi connectivity index (χ4n) is 5.56. The summed E-state index contributed by atoms with van der Waals surface area (Å²) >= 11 is 4.67. The highest BCUT2D eigenvalue weighted by Gasteiger charge is 2.37. The molecule has 3 aliphatic carbocycles. The Morgan fingerprint density at radius 2 is 1.29 bits per heavy atom. The maximum atomic E-state index is 4.67. The highest BCUT2D eigenvalue weighted by Crippen LogP contribution is 2.47. The molecular formula is C19H35PS. The fraction of sp³-hybridized carbons (Fsp3) is 1.00. The topological polar surface area (TPSA) is 0 Å². The zero-order valence-electron chi connectivity index (χ0n) is 13.8. The highest BCUT2D eigenvalue weighted by atomic mass is 32.1. The van der Waals surface area contributed by atoms with Crippen molar-refractivity contribution in [3.05, 3.63) is 0 Å². The van der Waals surface area contributed by atoms with E-state index < -0.39 is 0 Å². The Balaban J connectivity index is 1.50. The second-order valence-electron chi connectivity index (χ2n) is 8.49. The fourth-order valence-corrected chi connectivity index (χ4v) is 6.72. The first kappa shape index (κ1) is 16.6. The van der Waals surface area contributed by atoms with Crippen molar-refractivity contribution in [2.24, 2.45) is 29.6 Å². The first-order valence-electron chi connectivity index (χ1n) is 9.57. The van der Waals surface area contributed by atoms with Crippen LogP contribution in [0.15, 0.2) is 0 Å². The average molecular weight is 327 g/mol. The summed E-state index contributed by atoms with van der Waals surface area (Å²) in [6.07, 6.45) is 16.3. The summed E-state index contributed by atoms with van der Waals surface area (Å²) in [5, 5.41) is 0.699. The normalized spacial score (nSPS) is 49.0. The largest absolute Gasteiger partial charge is 0.176 e. The Bertz CT molecular complexity index is 316. The Hall–Kier alpha value is 0.780. The molecule has 2 heteroatoms. The van der Waals surface area contributed by atoms with Gasteiger partial charge in [-0.3, -0.25) is 0 Å². The molecule has 4 unspecified atom stereocenters. The molecular weight excluding hydrogens is 291 g/mol. The summed E-state index contributed by atoms with van der Waals surface area (Å²) in [7, 11) is 3.26. The van der Waals surface area contributed by atoms with Crippen molar-refractivity contribution in [1.29, 1.82) is 0 Å². The van der Waals surface area contributed by atoms with Crippen molar-refractivity contribution < 1.29 is 0 Å². The molecule has 0 nitrogen and oxygen atoms in total. The monoisotopic (exact) mass is 326 g/mol. The molecule has 0 aromatic rings. The Kier molecular flexibility index (Phi) is 5.99. The van der Waals surface area contributed by atoms with Crippen molar-refractivity contribution in [3.8, 4) is 0 Å². The van der Waals surface area contributed by atoms with Crippen LogP contribution in [-0.4, -0.2) is 10.9 Å². The van der Waals surface area contributed by atoms with Gasteiger partial charge in [-0.15, -0.1) is 9.24 Å². The van der Waals surface area contributed by atoms with Gasteiger partial charge >= 0.3 is 0 Å². The van der Waals surface area contributed by atoms with E-state index in [1.54, 1.807) is 0 Å². The van der Waals surface area contributed by atoms with Crippen LogP contribution in [0.25, 0.3) is 0 Å². The van der Waals surface area contributed by atoms with Crippen molar-refractivity contribution >= 4 is 21.9 Å².